The van der Waals surface area contributed by atoms with Gasteiger partial charge in [0.15, 0.2) is 6.23 Å². The molecule has 0 aromatic rings. The van der Waals surface area contributed by atoms with E-state index in [1.807, 2.05) is 0 Å². The van der Waals surface area contributed by atoms with Crippen molar-refractivity contribution in [3.05, 3.63) is 24.0 Å². The van der Waals surface area contributed by atoms with E-state index < -0.39 is 18.2 Å². The zero-order chi connectivity index (χ0) is 12.4. The van der Waals surface area contributed by atoms with Crippen LogP contribution in [0.1, 0.15) is 12.8 Å². The fourth-order valence-corrected chi connectivity index (χ4v) is 2.02. The Morgan fingerprint density at radius 3 is 3.00 bits per heavy atom. The molecule has 2 aliphatic rings. The second kappa shape index (κ2) is 4.87. The van der Waals surface area contributed by atoms with Crippen molar-refractivity contribution in [1.82, 2.24) is 4.90 Å². The lowest BCUT2D eigenvalue weighted by Gasteiger charge is -2.28. The average molecular weight is 240 g/mol. The Labute approximate surface area is 99.0 Å². The Morgan fingerprint density at radius 1 is 1.65 bits per heavy atom. The number of carbonyl (C=O) groups excluding carboxylic acids is 1. The molecule has 0 spiro atoms. The summed E-state index contributed by atoms with van der Waals surface area (Å²) in [5.74, 6) is -0.481. The molecule has 2 rings (SSSR count). The van der Waals surface area contributed by atoms with E-state index in [-0.39, 0.29) is 12.7 Å². The number of nitrogens with zero attached hydrogens (tertiary/aromatic N) is 1. The van der Waals surface area contributed by atoms with Crippen molar-refractivity contribution in [2.45, 2.75) is 31.3 Å². The molecule has 0 aromatic heterocycles. The van der Waals surface area contributed by atoms with Crippen LogP contribution in [0.3, 0.4) is 0 Å². The maximum absolute atomic E-state index is 11.1. The third-order valence-electron chi connectivity index (χ3n) is 2.90. The van der Waals surface area contributed by atoms with Crippen LogP contribution in [0.15, 0.2) is 24.0 Å². The van der Waals surface area contributed by atoms with E-state index in [0.717, 1.165) is 0 Å². The van der Waals surface area contributed by atoms with E-state index >= 15 is 0 Å². The fraction of sp³-hybridized carbons (Fsp3) is 0.545. The van der Waals surface area contributed by atoms with Gasteiger partial charge in [0.05, 0.1) is 12.7 Å². The topological polar surface area (TPSA) is 96.0 Å². The standard InChI is InChI=1S/C11H16N2O4/c12-10(16)7-2-1-3-13(5-7)11-9(15)4-8(6-14)17-11/h1,3,5,8-9,11,14-15H,2,4,6H2,(H2,12,16)/t8-,9+,11-/m0/s1. The maximum Gasteiger partial charge on any atom is 0.246 e. The minimum atomic E-state index is -0.694. The van der Waals surface area contributed by atoms with E-state index in [4.69, 9.17) is 15.6 Å². The molecule has 1 amide bonds. The first kappa shape index (κ1) is 12.1. The summed E-state index contributed by atoms with van der Waals surface area (Å²) in [5.41, 5.74) is 5.67. The van der Waals surface area contributed by atoms with Crippen LogP contribution in [0, 0.1) is 0 Å². The fourth-order valence-electron chi connectivity index (χ4n) is 2.02. The summed E-state index contributed by atoms with van der Waals surface area (Å²) < 4.78 is 5.47. The van der Waals surface area contributed by atoms with Crippen LogP contribution in [-0.2, 0) is 9.53 Å². The molecule has 0 radical (unpaired) electrons. The molecule has 1 saturated heterocycles. The van der Waals surface area contributed by atoms with Crippen molar-refractivity contribution < 1.29 is 19.7 Å². The molecule has 0 saturated carbocycles. The van der Waals surface area contributed by atoms with Crippen molar-refractivity contribution in [3.8, 4) is 0 Å². The molecule has 1 fully saturated rings. The number of amides is 1. The molecule has 4 N–H and O–H groups in total. The van der Waals surface area contributed by atoms with Gasteiger partial charge in [0.2, 0.25) is 5.91 Å². The Hall–Kier alpha value is -1.37. The Kier molecular flexibility index (Phi) is 3.46. The number of hydrogen-bond donors (Lipinski definition) is 3. The number of hydrogen-bond acceptors (Lipinski definition) is 5. The van der Waals surface area contributed by atoms with Gasteiger partial charge in [-0.25, -0.2) is 0 Å². The summed E-state index contributed by atoms with van der Waals surface area (Å²) in [6.45, 7) is -0.127. The van der Waals surface area contributed by atoms with Crippen LogP contribution in [-0.4, -0.2) is 46.1 Å². The highest BCUT2D eigenvalue weighted by atomic mass is 16.5. The third-order valence-corrected chi connectivity index (χ3v) is 2.90. The van der Waals surface area contributed by atoms with E-state index in [9.17, 15) is 9.90 Å². The van der Waals surface area contributed by atoms with Crippen molar-refractivity contribution in [2.24, 2.45) is 5.73 Å². The van der Waals surface area contributed by atoms with Crippen LogP contribution in [0.5, 0.6) is 0 Å². The quantitative estimate of drug-likeness (QED) is 0.590. The lowest BCUT2D eigenvalue weighted by molar-refractivity contribution is -0.114. The zero-order valence-electron chi connectivity index (χ0n) is 9.32. The summed E-state index contributed by atoms with van der Waals surface area (Å²) in [6.07, 6.45) is 4.33. The molecular weight excluding hydrogens is 224 g/mol. The van der Waals surface area contributed by atoms with Crippen LogP contribution in [0.4, 0.5) is 0 Å². The molecule has 6 heteroatoms. The van der Waals surface area contributed by atoms with Crippen LogP contribution in [0.2, 0.25) is 0 Å². The monoisotopic (exact) mass is 240 g/mol. The number of carbonyl (C=O) groups is 1. The number of primary amides is 1. The Bertz CT molecular complexity index is 366. The summed E-state index contributed by atoms with van der Waals surface area (Å²) in [4.78, 5) is 12.7. The minimum absolute atomic E-state index is 0.127. The van der Waals surface area contributed by atoms with E-state index in [0.29, 0.717) is 18.4 Å². The molecule has 2 heterocycles. The van der Waals surface area contributed by atoms with E-state index in [2.05, 4.69) is 0 Å². The Balaban J connectivity index is 2.10. The summed E-state index contributed by atoms with van der Waals surface area (Å²) >= 11 is 0. The molecule has 0 bridgehead atoms. The van der Waals surface area contributed by atoms with Crippen LogP contribution in [0.25, 0.3) is 0 Å². The molecule has 94 valence electrons. The smallest absolute Gasteiger partial charge is 0.246 e. The van der Waals surface area contributed by atoms with Gasteiger partial charge in [0, 0.05) is 24.4 Å². The highest BCUT2D eigenvalue weighted by molar-refractivity contribution is 5.92. The number of nitrogens with two attached hydrogens (primary N) is 1. The number of aliphatic hydroxyl groups is 2. The average Bonchev–Trinajstić information content (AvgIpc) is 2.71. The Morgan fingerprint density at radius 2 is 2.41 bits per heavy atom. The minimum Gasteiger partial charge on any atom is -0.394 e. The van der Waals surface area contributed by atoms with Crippen molar-refractivity contribution in [3.63, 3.8) is 0 Å². The molecule has 0 aliphatic carbocycles. The molecule has 0 aromatic carbocycles. The molecule has 3 atom stereocenters. The van der Waals surface area contributed by atoms with E-state index in [1.165, 1.54) is 0 Å². The van der Waals surface area contributed by atoms with Gasteiger partial charge in [-0.1, -0.05) is 6.08 Å². The van der Waals surface area contributed by atoms with Crippen molar-refractivity contribution in [2.75, 3.05) is 6.61 Å². The number of allylic oxidation sites excluding steroid dienone is 1. The molecule has 2 aliphatic heterocycles. The maximum atomic E-state index is 11.1. The predicted molar refractivity (Wildman–Crippen MR) is 59.2 cm³/mol. The van der Waals surface area contributed by atoms with Gasteiger partial charge < -0.3 is 25.6 Å². The van der Waals surface area contributed by atoms with Crippen molar-refractivity contribution in [1.29, 1.82) is 0 Å². The molecule has 0 unspecified atom stereocenters. The largest absolute Gasteiger partial charge is 0.394 e. The number of ether oxygens (including phenoxy) is 1. The summed E-state index contributed by atoms with van der Waals surface area (Å²) in [7, 11) is 0. The highest BCUT2D eigenvalue weighted by Gasteiger charge is 2.36. The van der Waals surface area contributed by atoms with Gasteiger partial charge in [0.25, 0.3) is 0 Å². The van der Waals surface area contributed by atoms with Gasteiger partial charge >= 0.3 is 0 Å². The predicted octanol–water partition coefficient (Wildman–Crippen LogP) is -0.957. The molecule has 6 nitrogen and oxygen atoms in total. The molecule has 17 heavy (non-hydrogen) atoms. The highest BCUT2D eigenvalue weighted by Crippen LogP contribution is 2.26. The van der Waals surface area contributed by atoms with Crippen molar-refractivity contribution >= 4 is 5.91 Å². The lowest BCUT2D eigenvalue weighted by Crippen LogP contribution is -2.36. The van der Waals surface area contributed by atoms with Gasteiger partial charge in [-0.3, -0.25) is 4.79 Å². The first-order valence-corrected chi connectivity index (χ1v) is 5.51. The van der Waals surface area contributed by atoms with Gasteiger partial charge in [-0.15, -0.1) is 0 Å². The normalized spacial score (nSPS) is 32.7. The third kappa shape index (κ3) is 2.49. The van der Waals surface area contributed by atoms with Gasteiger partial charge in [-0.2, -0.15) is 0 Å². The zero-order valence-corrected chi connectivity index (χ0v) is 9.32. The van der Waals surface area contributed by atoms with Gasteiger partial charge in [0.1, 0.15) is 6.10 Å². The first-order valence-electron chi connectivity index (χ1n) is 5.51. The summed E-state index contributed by atoms with van der Waals surface area (Å²) in [5, 5.41) is 18.8. The summed E-state index contributed by atoms with van der Waals surface area (Å²) in [6, 6.07) is 0. The SMILES string of the molecule is NC(=O)C1=CN([C@H]2O[C@H](CO)C[C@H]2O)C=CC1. The second-order valence-electron chi connectivity index (χ2n) is 4.19. The van der Waals surface area contributed by atoms with Crippen LogP contribution < -0.4 is 5.73 Å². The van der Waals surface area contributed by atoms with E-state index in [1.54, 1.807) is 23.4 Å². The van der Waals surface area contributed by atoms with Gasteiger partial charge in [-0.05, 0) is 6.42 Å². The number of rotatable bonds is 3. The first-order chi connectivity index (χ1) is 8.11. The lowest BCUT2D eigenvalue weighted by atomic mass is 10.1. The second-order valence-corrected chi connectivity index (χ2v) is 4.19. The molecular formula is C11H16N2O4. The number of aliphatic hydroxyl groups excluding tert-OH is 2. The van der Waals surface area contributed by atoms with Crippen LogP contribution >= 0.6 is 0 Å².